The number of ether oxygens (including phenoxy) is 1. The molecule has 3 N–H and O–H groups in total. The molecule has 4 heteroatoms. The van der Waals surface area contributed by atoms with Crippen LogP contribution in [0.3, 0.4) is 0 Å². The van der Waals surface area contributed by atoms with Gasteiger partial charge in [-0.3, -0.25) is 0 Å². The van der Waals surface area contributed by atoms with E-state index in [1.54, 1.807) is 0 Å². The lowest BCUT2D eigenvalue weighted by Crippen LogP contribution is -2.25. The predicted molar refractivity (Wildman–Crippen MR) is 52.5 cm³/mol. The fraction of sp³-hybridized carbons (Fsp3) is 0.667. The third kappa shape index (κ3) is 8.88. The van der Waals surface area contributed by atoms with Gasteiger partial charge in [-0.05, 0) is 19.4 Å². The summed E-state index contributed by atoms with van der Waals surface area (Å²) in [6.45, 7) is 5.05. The van der Waals surface area contributed by atoms with Crippen molar-refractivity contribution in [3.8, 4) is 0 Å². The van der Waals surface area contributed by atoms with Crippen molar-refractivity contribution in [3.05, 3.63) is 12.7 Å². The zero-order valence-electron chi connectivity index (χ0n) is 7.92. The largest absolute Gasteiger partial charge is 0.445 e. The highest BCUT2D eigenvalue weighted by Gasteiger charge is 1.97. The molecule has 0 aromatic carbocycles. The molecule has 0 saturated carbocycles. The lowest BCUT2D eigenvalue weighted by molar-refractivity contribution is 0.158. The van der Waals surface area contributed by atoms with Crippen LogP contribution >= 0.6 is 0 Å². The van der Waals surface area contributed by atoms with Gasteiger partial charge in [0.25, 0.3) is 0 Å². The molecule has 0 radical (unpaired) electrons. The van der Waals surface area contributed by atoms with Crippen molar-refractivity contribution < 1.29 is 9.53 Å². The quantitative estimate of drug-likeness (QED) is 0.461. The second-order valence-electron chi connectivity index (χ2n) is 2.66. The summed E-state index contributed by atoms with van der Waals surface area (Å²) in [5, 5.41) is 2.63. The molecular weight excluding hydrogens is 168 g/mol. The van der Waals surface area contributed by atoms with Crippen molar-refractivity contribution >= 4 is 6.09 Å². The van der Waals surface area contributed by atoms with Crippen LogP contribution in [0.4, 0.5) is 4.79 Å². The molecule has 0 saturated heterocycles. The Kier molecular flexibility index (Phi) is 8.34. The topological polar surface area (TPSA) is 64.3 Å². The zero-order valence-corrected chi connectivity index (χ0v) is 7.92. The van der Waals surface area contributed by atoms with Gasteiger partial charge in [-0.25, -0.2) is 4.79 Å². The Morgan fingerprint density at radius 3 is 2.85 bits per heavy atom. The van der Waals surface area contributed by atoms with Crippen molar-refractivity contribution in [3.63, 3.8) is 0 Å². The first kappa shape index (κ1) is 12.0. The highest BCUT2D eigenvalue weighted by Crippen LogP contribution is 1.91. The summed E-state index contributed by atoms with van der Waals surface area (Å²) >= 11 is 0. The standard InChI is InChI=1S/C9H18N2O2/c1-2-8-13-9(12)11-7-5-3-4-6-10/h2H,1,3-8,10H2,(H,11,12). The van der Waals surface area contributed by atoms with Crippen LogP contribution in [0.25, 0.3) is 0 Å². The van der Waals surface area contributed by atoms with Crippen molar-refractivity contribution in [1.82, 2.24) is 5.32 Å². The van der Waals surface area contributed by atoms with Crippen LogP contribution in [-0.4, -0.2) is 25.8 Å². The minimum absolute atomic E-state index is 0.259. The van der Waals surface area contributed by atoms with Gasteiger partial charge in [-0.1, -0.05) is 19.1 Å². The minimum Gasteiger partial charge on any atom is -0.445 e. The molecule has 0 atom stereocenters. The van der Waals surface area contributed by atoms with E-state index in [0.29, 0.717) is 13.1 Å². The molecular formula is C9H18N2O2. The van der Waals surface area contributed by atoms with Gasteiger partial charge >= 0.3 is 6.09 Å². The van der Waals surface area contributed by atoms with E-state index in [-0.39, 0.29) is 12.7 Å². The van der Waals surface area contributed by atoms with E-state index >= 15 is 0 Å². The van der Waals surface area contributed by atoms with Crippen molar-refractivity contribution in [1.29, 1.82) is 0 Å². The molecule has 0 aromatic heterocycles. The molecule has 4 nitrogen and oxygen atoms in total. The average Bonchev–Trinajstić information content (AvgIpc) is 2.14. The highest BCUT2D eigenvalue weighted by molar-refractivity contribution is 5.67. The van der Waals surface area contributed by atoms with Crippen molar-refractivity contribution in [2.45, 2.75) is 19.3 Å². The Morgan fingerprint density at radius 1 is 1.46 bits per heavy atom. The molecule has 0 rings (SSSR count). The molecule has 13 heavy (non-hydrogen) atoms. The lowest BCUT2D eigenvalue weighted by atomic mass is 10.2. The maximum atomic E-state index is 10.8. The van der Waals surface area contributed by atoms with Gasteiger partial charge < -0.3 is 15.8 Å². The monoisotopic (exact) mass is 186 g/mol. The summed E-state index contributed by atoms with van der Waals surface area (Å²) in [5.41, 5.74) is 5.31. The van der Waals surface area contributed by atoms with Gasteiger partial charge in [0.2, 0.25) is 0 Å². The summed E-state index contributed by atoms with van der Waals surface area (Å²) in [5.74, 6) is 0. The van der Waals surface area contributed by atoms with Crippen molar-refractivity contribution in [2.24, 2.45) is 5.73 Å². The predicted octanol–water partition coefficient (Wildman–Crippen LogP) is 1.03. The van der Waals surface area contributed by atoms with Gasteiger partial charge in [0.1, 0.15) is 6.61 Å². The summed E-state index contributed by atoms with van der Waals surface area (Å²) in [6.07, 6.45) is 4.14. The molecule has 0 aliphatic rings. The number of carbonyl (C=O) groups is 1. The number of amides is 1. The molecule has 0 aromatic rings. The van der Waals surface area contributed by atoms with E-state index in [4.69, 9.17) is 10.5 Å². The number of hydrogen-bond acceptors (Lipinski definition) is 3. The van der Waals surface area contributed by atoms with Gasteiger partial charge in [-0.15, -0.1) is 0 Å². The number of nitrogens with one attached hydrogen (secondary N) is 1. The van der Waals surface area contributed by atoms with Crippen LogP contribution in [-0.2, 0) is 4.74 Å². The van der Waals surface area contributed by atoms with Crippen LogP contribution < -0.4 is 11.1 Å². The minimum atomic E-state index is -0.382. The first-order valence-corrected chi connectivity index (χ1v) is 4.53. The fourth-order valence-electron chi connectivity index (χ4n) is 0.822. The lowest BCUT2D eigenvalue weighted by Gasteiger charge is -2.04. The van der Waals surface area contributed by atoms with E-state index in [0.717, 1.165) is 19.3 Å². The van der Waals surface area contributed by atoms with E-state index < -0.39 is 0 Å². The molecule has 0 bridgehead atoms. The van der Waals surface area contributed by atoms with Gasteiger partial charge in [0, 0.05) is 6.54 Å². The Hall–Kier alpha value is -1.03. The van der Waals surface area contributed by atoms with Gasteiger partial charge in [0.05, 0.1) is 0 Å². The summed E-state index contributed by atoms with van der Waals surface area (Å²) in [4.78, 5) is 10.8. The van der Waals surface area contributed by atoms with E-state index in [1.165, 1.54) is 6.08 Å². The van der Waals surface area contributed by atoms with Gasteiger partial charge in [0.15, 0.2) is 0 Å². The Labute approximate surface area is 79.1 Å². The molecule has 0 heterocycles. The number of rotatable bonds is 7. The Balaban J connectivity index is 3.12. The van der Waals surface area contributed by atoms with Gasteiger partial charge in [-0.2, -0.15) is 0 Å². The Morgan fingerprint density at radius 2 is 2.23 bits per heavy atom. The zero-order chi connectivity index (χ0) is 9.94. The number of nitrogens with two attached hydrogens (primary N) is 1. The third-order valence-electron chi connectivity index (χ3n) is 1.48. The summed E-state index contributed by atoms with van der Waals surface area (Å²) in [6, 6.07) is 0. The third-order valence-corrected chi connectivity index (χ3v) is 1.48. The molecule has 0 unspecified atom stereocenters. The maximum Gasteiger partial charge on any atom is 0.407 e. The number of unbranched alkanes of at least 4 members (excludes halogenated alkanes) is 2. The number of alkyl carbamates (subject to hydrolysis) is 1. The molecule has 0 aliphatic carbocycles. The maximum absolute atomic E-state index is 10.8. The highest BCUT2D eigenvalue weighted by atomic mass is 16.5. The van der Waals surface area contributed by atoms with Crippen LogP contribution in [0.2, 0.25) is 0 Å². The second-order valence-corrected chi connectivity index (χ2v) is 2.66. The van der Waals surface area contributed by atoms with E-state index in [2.05, 4.69) is 11.9 Å². The average molecular weight is 186 g/mol. The van der Waals surface area contributed by atoms with E-state index in [9.17, 15) is 4.79 Å². The smallest absolute Gasteiger partial charge is 0.407 e. The molecule has 76 valence electrons. The SMILES string of the molecule is C=CCOC(=O)NCCCCCN. The fourth-order valence-corrected chi connectivity index (χ4v) is 0.822. The Bertz CT molecular complexity index is 149. The van der Waals surface area contributed by atoms with Crippen molar-refractivity contribution in [2.75, 3.05) is 19.7 Å². The molecule has 0 spiro atoms. The summed E-state index contributed by atoms with van der Waals surface area (Å²) in [7, 11) is 0. The summed E-state index contributed by atoms with van der Waals surface area (Å²) < 4.78 is 4.70. The van der Waals surface area contributed by atoms with Crippen LogP contribution in [0.1, 0.15) is 19.3 Å². The van der Waals surface area contributed by atoms with E-state index in [1.807, 2.05) is 0 Å². The second kappa shape index (κ2) is 9.06. The van der Waals surface area contributed by atoms with Crippen LogP contribution in [0.5, 0.6) is 0 Å². The number of hydrogen-bond donors (Lipinski definition) is 2. The normalized spacial score (nSPS) is 9.31. The number of carbonyl (C=O) groups excluding carboxylic acids is 1. The molecule has 0 aliphatic heterocycles. The first-order valence-electron chi connectivity index (χ1n) is 4.53. The molecule has 0 fully saturated rings. The molecule has 1 amide bonds. The first-order chi connectivity index (χ1) is 6.31. The van der Waals surface area contributed by atoms with Crippen LogP contribution in [0.15, 0.2) is 12.7 Å². The van der Waals surface area contributed by atoms with Crippen LogP contribution in [0, 0.1) is 0 Å².